The third-order valence-corrected chi connectivity index (χ3v) is 3.13. The molecule has 0 bridgehead atoms. The Morgan fingerprint density at radius 3 is 2.69 bits per heavy atom. The summed E-state index contributed by atoms with van der Waals surface area (Å²) in [5, 5.41) is 5.01. The van der Waals surface area contributed by atoms with Crippen molar-refractivity contribution in [1.82, 2.24) is 4.98 Å². The van der Waals surface area contributed by atoms with Crippen molar-refractivity contribution in [3.8, 4) is 5.75 Å². The normalized spacial score (nSPS) is 16.1. The van der Waals surface area contributed by atoms with Crippen LogP contribution in [0, 0.1) is 0 Å². The van der Waals surface area contributed by atoms with E-state index >= 15 is 0 Å². The highest BCUT2D eigenvalue weighted by molar-refractivity contribution is 7.89. The minimum atomic E-state index is -3.75. The number of pyridine rings is 1. The van der Waals surface area contributed by atoms with Gasteiger partial charge in [-0.15, -0.1) is 0 Å². The zero-order chi connectivity index (χ0) is 11.8. The van der Waals surface area contributed by atoms with Gasteiger partial charge in [-0.05, 0) is 12.8 Å². The molecule has 1 fully saturated rings. The maximum atomic E-state index is 11.1. The number of hydrogen-bond donors (Lipinski definition) is 2. The largest absolute Gasteiger partial charge is 0.488 e. The monoisotopic (exact) mass is 243 g/mol. The molecular formula is C9H13N3O3S. The fourth-order valence-corrected chi connectivity index (χ4v) is 1.70. The third-order valence-electron chi connectivity index (χ3n) is 2.25. The molecule has 1 aromatic rings. The lowest BCUT2D eigenvalue weighted by atomic mass is 10.3. The zero-order valence-electron chi connectivity index (χ0n) is 8.59. The van der Waals surface area contributed by atoms with Crippen LogP contribution in [0.1, 0.15) is 18.5 Å². The second kappa shape index (κ2) is 4.00. The Kier molecular flexibility index (Phi) is 2.83. The maximum Gasteiger partial charge on any atom is 0.239 e. The van der Waals surface area contributed by atoms with Crippen molar-refractivity contribution in [3.63, 3.8) is 0 Å². The van der Waals surface area contributed by atoms with E-state index in [4.69, 9.17) is 15.6 Å². The average molecular weight is 243 g/mol. The Morgan fingerprint density at radius 2 is 2.19 bits per heavy atom. The molecule has 0 saturated heterocycles. The summed E-state index contributed by atoms with van der Waals surface area (Å²) in [7, 11) is -3.75. The summed E-state index contributed by atoms with van der Waals surface area (Å²) in [6.45, 7) is 0.201. The summed E-state index contributed by atoms with van der Waals surface area (Å²) >= 11 is 0. The van der Waals surface area contributed by atoms with E-state index < -0.39 is 10.0 Å². The van der Waals surface area contributed by atoms with E-state index in [-0.39, 0.29) is 17.5 Å². The SMILES string of the molecule is NCc1ncc(S(N)(=O)=O)cc1OC1CC1. The Morgan fingerprint density at radius 1 is 1.50 bits per heavy atom. The predicted octanol–water partition coefficient (Wildman–Crippen LogP) is -0.271. The van der Waals surface area contributed by atoms with Gasteiger partial charge in [0.25, 0.3) is 0 Å². The van der Waals surface area contributed by atoms with Crippen LogP contribution in [0.3, 0.4) is 0 Å². The Bertz CT molecular complexity index is 497. The molecule has 6 nitrogen and oxygen atoms in total. The van der Waals surface area contributed by atoms with Crippen LogP contribution < -0.4 is 15.6 Å². The summed E-state index contributed by atoms with van der Waals surface area (Å²) in [4.78, 5) is 3.88. The fourth-order valence-electron chi connectivity index (χ4n) is 1.23. The zero-order valence-corrected chi connectivity index (χ0v) is 9.40. The first-order valence-electron chi connectivity index (χ1n) is 4.89. The summed E-state index contributed by atoms with van der Waals surface area (Å²) in [6, 6.07) is 1.38. The number of ether oxygens (including phenoxy) is 1. The molecule has 16 heavy (non-hydrogen) atoms. The number of sulfonamides is 1. The minimum absolute atomic E-state index is 0.0552. The van der Waals surface area contributed by atoms with Gasteiger partial charge in [0.1, 0.15) is 10.6 Å². The second-order valence-corrected chi connectivity index (χ2v) is 5.24. The molecule has 0 atom stereocenters. The first kappa shape index (κ1) is 11.3. The molecule has 0 radical (unpaired) electrons. The highest BCUT2D eigenvalue weighted by atomic mass is 32.2. The van der Waals surface area contributed by atoms with Crippen LogP contribution in [0.25, 0.3) is 0 Å². The quantitative estimate of drug-likeness (QED) is 0.756. The lowest BCUT2D eigenvalue weighted by molar-refractivity contribution is 0.297. The lowest BCUT2D eigenvalue weighted by Crippen LogP contribution is -2.14. The van der Waals surface area contributed by atoms with Gasteiger partial charge in [-0.3, -0.25) is 4.98 Å². The van der Waals surface area contributed by atoms with Crippen molar-refractivity contribution >= 4 is 10.0 Å². The van der Waals surface area contributed by atoms with Gasteiger partial charge in [0.05, 0.1) is 11.8 Å². The molecule has 1 aliphatic rings. The van der Waals surface area contributed by atoms with Gasteiger partial charge < -0.3 is 10.5 Å². The van der Waals surface area contributed by atoms with Gasteiger partial charge in [-0.1, -0.05) is 0 Å². The van der Waals surface area contributed by atoms with E-state index in [2.05, 4.69) is 4.98 Å². The Hall–Kier alpha value is -1.18. The molecule has 1 heterocycles. The predicted molar refractivity (Wildman–Crippen MR) is 57.2 cm³/mol. The topological polar surface area (TPSA) is 108 Å². The van der Waals surface area contributed by atoms with Crippen LogP contribution in [-0.2, 0) is 16.6 Å². The van der Waals surface area contributed by atoms with Gasteiger partial charge >= 0.3 is 0 Å². The van der Waals surface area contributed by atoms with E-state index in [1.54, 1.807) is 0 Å². The van der Waals surface area contributed by atoms with Crippen molar-refractivity contribution in [3.05, 3.63) is 18.0 Å². The van der Waals surface area contributed by atoms with E-state index in [0.29, 0.717) is 11.4 Å². The molecule has 4 N–H and O–H groups in total. The van der Waals surface area contributed by atoms with Crippen LogP contribution in [-0.4, -0.2) is 19.5 Å². The van der Waals surface area contributed by atoms with Gasteiger partial charge in [-0.2, -0.15) is 0 Å². The number of primary sulfonamides is 1. The summed E-state index contributed by atoms with van der Waals surface area (Å²) in [5.41, 5.74) is 6.02. The van der Waals surface area contributed by atoms with Crippen molar-refractivity contribution in [1.29, 1.82) is 0 Å². The molecule has 0 aliphatic heterocycles. The lowest BCUT2D eigenvalue weighted by Gasteiger charge is -2.09. The molecule has 7 heteroatoms. The molecule has 88 valence electrons. The molecule has 2 rings (SSSR count). The highest BCUT2D eigenvalue weighted by Crippen LogP contribution is 2.29. The molecule has 0 aromatic carbocycles. The van der Waals surface area contributed by atoms with Crippen molar-refractivity contribution in [2.45, 2.75) is 30.4 Å². The average Bonchev–Trinajstić information content (AvgIpc) is 3.00. The molecule has 1 aliphatic carbocycles. The van der Waals surface area contributed by atoms with Crippen LogP contribution in [0.2, 0.25) is 0 Å². The van der Waals surface area contributed by atoms with Crippen molar-refractivity contribution in [2.24, 2.45) is 10.9 Å². The summed E-state index contributed by atoms with van der Waals surface area (Å²) in [5.74, 6) is 0.413. The molecular weight excluding hydrogens is 230 g/mol. The fraction of sp³-hybridized carbons (Fsp3) is 0.444. The summed E-state index contributed by atoms with van der Waals surface area (Å²) in [6.07, 6.45) is 3.30. The van der Waals surface area contributed by atoms with Gasteiger partial charge in [0.2, 0.25) is 10.0 Å². The standard InChI is InChI=1S/C9H13N3O3S/c10-4-8-9(15-6-1-2-6)3-7(5-12-8)16(11,13)14/h3,5-6H,1-2,4,10H2,(H2,11,13,14). The first-order valence-corrected chi connectivity index (χ1v) is 6.44. The van der Waals surface area contributed by atoms with E-state index in [1.807, 2.05) is 0 Å². The van der Waals surface area contributed by atoms with Crippen LogP contribution >= 0.6 is 0 Å². The smallest absolute Gasteiger partial charge is 0.239 e. The minimum Gasteiger partial charge on any atom is -0.488 e. The van der Waals surface area contributed by atoms with E-state index in [0.717, 1.165) is 12.8 Å². The third kappa shape index (κ3) is 2.49. The number of rotatable bonds is 4. The molecule has 0 spiro atoms. The van der Waals surface area contributed by atoms with Gasteiger partial charge in [0, 0.05) is 18.8 Å². The number of aromatic nitrogens is 1. The Labute approximate surface area is 93.7 Å². The molecule has 1 aromatic heterocycles. The van der Waals surface area contributed by atoms with Gasteiger partial charge in [0.15, 0.2) is 0 Å². The maximum absolute atomic E-state index is 11.1. The van der Waals surface area contributed by atoms with Crippen LogP contribution in [0.4, 0.5) is 0 Å². The second-order valence-electron chi connectivity index (χ2n) is 3.68. The number of nitrogens with two attached hydrogens (primary N) is 2. The molecule has 1 saturated carbocycles. The Balaban J connectivity index is 2.37. The van der Waals surface area contributed by atoms with Crippen molar-refractivity contribution < 1.29 is 13.2 Å². The van der Waals surface area contributed by atoms with E-state index in [1.165, 1.54) is 12.3 Å². The number of nitrogens with zero attached hydrogens (tertiary/aromatic N) is 1. The summed E-state index contributed by atoms with van der Waals surface area (Å²) < 4.78 is 27.8. The van der Waals surface area contributed by atoms with Gasteiger partial charge in [-0.25, -0.2) is 13.6 Å². The molecule has 0 unspecified atom stereocenters. The number of hydrogen-bond acceptors (Lipinski definition) is 5. The van der Waals surface area contributed by atoms with Crippen LogP contribution in [0.5, 0.6) is 5.75 Å². The van der Waals surface area contributed by atoms with Crippen molar-refractivity contribution in [2.75, 3.05) is 0 Å². The highest BCUT2D eigenvalue weighted by Gasteiger charge is 2.25. The van der Waals surface area contributed by atoms with E-state index in [9.17, 15) is 8.42 Å². The first-order chi connectivity index (χ1) is 7.50. The molecule has 0 amide bonds. The van der Waals surface area contributed by atoms with Crippen LogP contribution in [0.15, 0.2) is 17.2 Å².